The zero-order valence-electron chi connectivity index (χ0n) is 18.9. The van der Waals surface area contributed by atoms with Crippen molar-refractivity contribution in [1.82, 2.24) is 5.32 Å². The van der Waals surface area contributed by atoms with Crippen LogP contribution in [0.4, 0.5) is 9.59 Å². The van der Waals surface area contributed by atoms with E-state index in [0.717, 1.165) is 44.5 Å². The van der Waals surface area contributed by atoms with Crippen LogP contribution < -0.4 is 5.32 Å². The summed E-state index contributed by atoms with van der Waals surface area (Å²) in [5.74, 6) is -0.187. The smallest absolute Gasteiger partial charge is 0.439 e. The maximum Gasteiger partial charge on any atom is 0.439 e. The molecule has 0 aromatic heterocycles. The summed E-state index contributed by atoms with van der Waals surface area (Å²) in [4.78, 5) is 24.7. The van der Waals surface area contributed by atoms with E-state index < -0.39 is 12.2 Å². The Bertz CT molecular complexity index is 1240. The first-order chi connectivity index (χ1) is 17.2. The van der Waals surface area contributed by atoms with E-state index in [1.165, 1.54) is 0 Å². The first-order valence-corrected chi connectivity index (χ1v) is 11.6. The molecule has 1 radical (unpaired) electrons. The molecule has 0 unspecified atom stereocenters. The van der Waals surface area contributed by atoms with Crippen LogP contribution in [0, 0.1) is 0 Å². The Labute approximate surface area is 203 Å². The zero-order chi connectivity index (χ0) is 23.8. The van der Waals surface area contributed by atoms with Gasteiger partial charge < -0.3 is 9.47 Å². The molecule has 2 amide bonds. The maximum atomic E-state index is 12.3. The summed E-state index contributed by atoms with van der Waals surface area (Å²) in [6.07, 6.45) is -1.88. The van der Waals surface area contributed by atoms with Crippen LogP contribution in [0.25, 0.3) is 22.3 Å². The van der Waals surface area contributed by atoms with E-state index in [0.29, 0.717) is 0 Å². The number of carbonyl (C=O) groups is 2. The lowest BCUT2D eigenvalue weighted by atomic mass is 9.98. The molecule has 6 rings (SSSR count). The molecule has 171 valence electrons. The topological polar surface area (TPSA) is 66.7 Å². The molecule has 0 fully saturated rings. The van der Waals surface area contributed by atoms with Crippen molar-refractivity contribution in [2.45, 2.75) is 11.8 Å². The normalized spacial score (nSPS) is 13.4. The van der Waals surface area contributed by atoms with Crippen LogP contribution in [0.15, 0.2) is 97.1 Å². The van der Waals surface area contributed by atoms with Crippen LogP contribution in [0.3, 0.4) is 0 Å². The quantitative estimate of drug-likeness (QED) is 0.349. The van der Waals surface area contributed by atoms with Gasteiger partial charge in [-0.1, -0.05) is 102 Å². The fourth-order valence-corrected chi connectivity index (χ4v) is 5.33. The van der Waals surface area contributed by atoms with Gasteiger partial charge >= 0.3 is 12.2 Å². The third kappa shape index (κ3) is 3.75. The number of benzene rings is 4. The molecule has 4 aromatic carbocycles. The van der Waals surface area contributed by atoms with Crippen LogP contribution in [0.2, 0.25) is 0 Å². The predicted molar refractivity (Wildman–Crippen MR) is 132 cm³/mol. The van der Waals surface area contributed by atoms with Crippen molar-refractivity contribution in [1.29, 1.82) is 0 Å². The summed E-state index contributed by atoms with van der Waals surface area (Å²) in [5.41, 5.74) is 8.95. The summed E-state index contributed by atoms with van der Waals surface area (Å²) >= 11 is 0. The first kappa shape index (κ1) is 21.2. The summed E-state index contributed by atoms with van der Waals surface area (Å²) in [7, 11) is 0. The lowest BCUT2D eigenvalue weighted by Crippen LogP contribution is -2.27. The molecule has 0 spiro atoms. The average molecular weight is 461 g/mol. The van der Waals surface area contributed by atoms with Gasteiger partial charge in [0.2, 0.25) is 0 Å². The highest BCUT2D eigenvalue weighted by Gasteiger charge is 2.31. The van der Waals surface area contributed by atoms with E-state index >= 15 is 0 Å². The van der Waals surface area contributed by atoms with Crippen molar-refractivity contribution < 1.29 is 19.1 Å². The number of amides is 2. The number of imide groups is 1. The van der Waals surface area contributed by atoms with Gasteiger partial charge in [0, 0.05) is 11.8 Å². The molecule has 5 heteroatoms. The molecular weight excluding hydrogens is 438 g/mol. The van der Waals surface area contributed by atoms with Crippen LogP contribution in [0.1, 0.15) is 34.1 Å². The number of fused-ring (bicyclic) bond motifs is 6. The van der Waals surface area contributed by atoms with E-state index in [1.807, 2.05) is 72.8 Å². The van der Waals surface area contributed by atoms with Crippen molar-refractivity contribution in [3.63, 3.8) is 0 Å². The van der Waals surface area contributed by atoms with E-state index in [4.69, 9.17) is 9.47 Å². The van der Waals surface area contributed by atoms with Gasteiger partial charge in [-0.05, 0) is 44.5 Å². The predicted octanol–water partition coefficient (Wildman–Crippen LogP) is 6.49. The van der Waals surface area contributed by atoms with Gasteiger partial charge in [0.25, 0.3) is 0 Å². The minimum Gasteiger partial charge on any atom is -0.447 e. The number of carbonyl (C=O) groups excluding carboxylic acids is 2. The van der Waals surface area contributed by atoms with Gasteiger partial charge in [-0.15, -0.1) is 0 Å². The van der Waals surface area contributed by atoms with E-state index in [9.17, 15) is 9.59 Å². The van der Waals surface area contributed by atoms with Crippen LogP contribution in [-0.4, -0.2) is 25.4 Å². The fourth-order valence-electron chi connectivity index (χ4n) is 5.33. The Morgan fingerprint density at radius 3 is 1.11 bits per heavy atom. The molecule has 0 heterocycles. The molecular formula is C30H22NO4. The van der Waals surface area contributed by atoms with Crippen LogP contribution in [-0.2, 0) is 9.47 Å². The van der Waals surface area contributed by atoms with E-state index in [1.54, 1.807) is 0 Å². The summed E-state index contributed by atoms with van der Waals surface area (Å²) in [5, 5.41) is 3.50. The Balaban J connectivity index is 1.08. The van der Waals surface area contributed by atoms with Gasteiger partial charge in [0.05, 0.1) is 0 Å². The molecule has 2 aliphatic rings. The van der Waals surface area contributed by atoms with Crippen molar-refractivity contribution in [3.05, 3.63) is 119 Å². The third-order valence-corrected chi connectivity index (χ3v) is 6.85. The molecule has 0 saturated heterocycles. The lowest BCUT2D eigenvalue weighted by Gasteiger charge is -2.15. The number of hydrogen-bond donors (Lipinski definition) is 0. The average Bonchev–Trinajstić information content (AvgIpc) is 3.39. The summed E-state index contributed by atoms with van der Waals surface area (Å²) < 4.78 is 10.8. The standard InChI is InChI=1S/C30H22NO4/c32-29(34-17-27-23-13-5-1-9-19(23)20-10-2-6-14-24(20)27)31-30(33)35-18-28-25-15-7-3-11-21(25)22-12-4-8-16-26(22)28/h1-16,27-28H,17-18H2. The van der Waals surface area contributed by atoms with Crippen LogP contribution in [0.5, 0.6) is 0 Å². The van der Waals surface area contributed by atoms with Crippen molar-refractivity contribution in [2.24, 2.45) is 0 Å². The molecule has 35 heavy (non-hydrogen) atoms. The Kier molecular flexibility index (Phi) is 5.30. The van der Waals surface area contributed by atoms with Crippen molar-refractivity contribution in [3.8, 4) is 22.3 Å². The van der Waals surface area contributed by atoms with Crippen molar-refractivity contribution in [2.75, 3.05) is 13.2 Å². The van der Waals surface area contributed by atoms with Crippen molar-refractivity contribution >= 4 is 12.2 Å². The van der Waals surface area contributed by atoms with E-state index in [-0.39, 0.29) is 25.0 Å². The molecule has 0 saturated carbocycles. The minimum atomic E-state index is -0.941. The molecule has 0 atom stereocenters. The Hall–Kier alpha value is -4.38. The largest absolute Gasteiger partial charge is 0.447 e. The Morgan fingerprint density at radius 2 is 0.800 bits per heavy atom. The Morgan fingerprint density at radius 1 is 0.514 bits per heavy atom. The molecule has 2 aliphatic carbocycles. The van der Waals surface area contributed by atoms with Gasteiger partial charge in [-0.25, -0.2) is 9.59 Å². The number of hydrogen-bond acceptors (Lipinski definition) is 4. The molecule has 0 bridgehead atoms. The van der Waals surface area contributed by atoms with Gasteiger partial charge in [-0.2, -0.15) is 0 Å². The zero-order valence-corrected chi connectivity index (χ0v) is 18.9. The molecule has 5 nitrogen and oxygen atoms in total. The molecule has 0 N–H and O–H groups in total. The van der Waals surface area contributed by atoms with E-state index in [2.05, 4.69) is 29.6 Å². The number of nitrogens with zero attached hydrogens (tertiary/aromatic N) is 1. The second-order valence-corrected chi connectivity index (χ2v) is 8.72. The fraction of sp³-hybridized carbons (Fsp3) is 0.133. The molecule has 4 aromatic rings. The third-order valence-electron chi connectivity index (χ3n) is 6.85. The molecule has 0 aliphatic heterocycles. The van der Waals surface area contributed by atoms with Gasteiger partial charge in [-0.3, -0.25) is 0 Å². The van der Waals surface area contributed by atoms with Gasteiger partial charge in [0.1, 0.15) is 13.2 Å². The highest BCUT2D eigenvalue weighted by atomic mass is 16.6. The SMILES string of the molecule is O=C([N]C(=O)OCC1c2ccccc2-c2ccccc21)OCC1c2ccccc2-c2ccccc21. The first-order valence-electron chi connectivity index (χ1n) is 11.6. The highest BCUT2D eigenvalue weighted by molar-refractivity contribution is 5.87. The highest BCUT2D eigenvalue weighted by Crippen LogP contribution is 2.45. The number of ether oxygens (including phenoxy) is 2. The second-order valence-electron chi connectivity index (χ2n) is 8.72. The summed E-state index contributed by atoms with van der Waals surface area (Å²) in [6, 6.07) is 32.3. The van der Waals surface area contributed by atoms with Gasteiger partial charge in [0.15, 0.2) is 0 Å². The second kappa shape index (κ2) is 8.76. The lowest BCUT2D eigenvalue weighted by molar-refractivity contribution is 0.120. The summed E-state index contributed by atoms with van der Waals surface area (Å²) in [6.45, 7) is 0.208. The maximum absolute atomic E-state index is 12.3. The minimum absolute atomic E-state index is 0.0935. The van der Waals surface area contributed by atoms with Crippen LogP contribution >= 0.6 is 0 Å². The number of rotatable bonds is 4. The monoisotopic (exact) mass is 460 g/mol.